The Morgan fingerprint density at radius 1 is 1.27 bits per heavy atom. The highest BCUT2D eigenvalue weighted by atomic mass is 32.1. The van der Waals surface area contributed by atoms with Crippen molar-refractivity contribution in [3.8, 4) is 0 Å². The predicted molar refractivity (Wildman–Crippen MR) is 98.7 cm³/mol. The van der Waals surface area contributed by atoms with Gasteiger partial charge in [-0.1, -0.05) is 26.0 Å². The number of ether oxygens (including phenoxy) is 1. The molecule has 0 saturated heterocycles. The normalized spacial score (nSPS) is 11.9. The molecular formula is C18H22FN3O3S. The summed E-state index contributed by atoms with van der Waals surface area (Å²) in [7, 11) is 1.25. The summed E-state index contributed by atoms with van der Waals surface area (Å²) in [5.74, 6) is -0.402. The molecule has 2 aromatic rings. The first kappa shape index (κ1) is 19.8. The van der Waals surface area contributed by atoms with Crippen molar-refractivity contribution in [3.05, 3.63) is 46.7 Å². The van der Waals surface area contributed by atoms with Crippen LogP contribution in [0.25, 0.3) is 0 Å². The Hall–Kier alpha value is -2.48. The summed E-state index contributed by atoms with van der Waals surface area (Å²) < 4.78 is 17.5. The van der Waals surface area contributed by atoms with Crippen molar-refractivity contribution in [2.45, 2.75) is 32.7 Å². The lowest BCUT2D eigenvalue weighted by molar-refractivity contribution is -0.118. The number of nitrogens with zero attached hydrogens (tertiary/aromatic N) is 1. The maximum Gasteiger partial charge on any atom is 0.407 e. The van der Waals surface area contributed by atoms with Gasteiger partial charge in [-0.05, 0) is 30.0 Å². The molecule has 8 heteroatoms. The second-order valence-electron chi connectivity index (χ2n) is 6.24. The van der Waals surface area contributed by atoms with Crippen LogP contribution < -0.4 is 10.6 Å². The zero-order valence-electron chi connectivity index (χ0n) is 14.9. The number of carbonyl (C=O) groups excluding carboxylic acids is 2. The first-order valence-electron chi connectivity index (χ1n) is 8.22. The summed E-state index contributed by atoms with van der Waals surface area (Å²) in [6, 6.07) is 5.55. The van der Waals surface area contributed by atoms with Crippen LogP contribution in [0, 0.1) is 11.7 Å². The van der Waals surface area contributed by atoms with E-state index in [4.69, 9.17) is 0 Å². The van der Waals surface area contributed by atoms with E-state index in [1.807, 2.05) is 13.8 Å². The Morgan fingerprint density at radius 3 is 2.58 bits per heavy atom. The number of hydrogen-bond acceptors (Lipinski definition) is 5. The Balaban J connectivity index is 1.99. The van der Waals surface area contributed by atoms with E-state index in [-0.39, 0.29) is 17.6 Å². The highest BCUT2D eigenvalue weighted by Crippen LogP contribution is 2.22. The molecule has 1 heterocycles. The van der Waals surface area contributed by atoms with Gasteiger partial charge in [0.15, 0.2) is 5.13 Å². The Bertz CT molecular complexity index is 746. The van der Waals surface area contributed by atoms with Gasteiger partial charge >= 0.3 is 6.09 Å². The third kappa shape index (κ3) is 6.11. The predicted octanol–water partition coefficient (Wildman–Crippen LogP) is 3.58. The van der Waals surface area contributed by atoms with Crippen LogP contribution in [-0.4, -0.2) is 30.1 Å². The fourth-order valence-corrected chi connectivity index (χ4v) is 3.20. The van der Waals surface area contributed by atoms with E-state index >= 15 is 0 Å². The highest BCUT2D eigenvalue weighted by molar-refractivity contribution is 7.15. The zero-order valence-corrected chi connectivity index (χ0v) is 15.7. The van der Waals surface area contributed by atoms with Crippen molar-refractivity contribution >= 4 is 28.5 Å². The number of methoxy groups -OCH3 is 1. The number of halogens is 1. The number of anilines is 1. The van der Waals surface area contributed by atoms with Crippen molar-refractivity contribution < 1.29 is 18.7 Å². The molecule has 2 N–H and O–H groups in total. The smallest absolute Gasteiger partial charge is 0.407 e. The first-order valence-corrected chi connectivity index (χ1v) is 9.03. The number of amides is 2. The molecule has 1 atom stereocenters. The standard InChI is InChI=1S/C18H22FN3O3S/c1-11(2)8-15(21-18(24)25-3)16(23)22-17-20-10-14(26-17)9-12-4-6-13(19)7-5-12/h4-7,10-11,15H,8-9H2,1-3H3,(H,21,24)(H,20,22,23). The average Bonchev–Trinajstić information content (AvgIpc) is 3.02. The van der Waals surface area contributed by atoms with E-state index in [0.29, 0.717) is 18.0 Å². The number of hydrogen-bond donors (Lipinski definition) is 2. The molecule has 0 radical (unpaired) electrons. The van der Waals surface area contributed by atoms with E-state index in [1.165, 1.54) is 30.6 Å². The summed E-state index contributed by atoms with van der Waals surface area (Å²) in [5.41, 5.74) is 0.956. The van der Waals surface area contributed by atoms with Crippen LogP contribution in [0.1, 0.15) is 30.7 Å². The SMILES string of the molecule is COC(=O)NC(CC(C)C)C(=O)Nc1ncc(Cc2ccc(F)cc2)s1. The maximum atomic E-state index is 13.0. The van der Waals surface area contributed by atoms with E-state index < -0.39 is 12.1 Å². The number of aromatic nitrogens is 1. The van der Waals surface area contributed by atoms with Gasteiger partial charge in [0.25, 0.3) is 0 Å². The van der Waals surface area contributed by atoms with Crippen LogP contribution in [0.4, 0.5) is 14.3 Å². The molecule has 1 aromatic heterocycles. The summed E-state index contributed by atoms with van der Waals surface area (Å²) in [4.78, 5) is 29.0. The van der Waals surface area contributed by atoms with Gasteiger partial charge < -0.3 is 15.4 Å². The summed E-state index contributed by atoms with van der Waals surface area (Å²) in [6.45, 7) is 3.92. The maximum absolute atomic E-state index is 13.0. The van der Waals surface area contributed by atoms with Crippen LogP contribution in [0.3, 0.4) is 0 Å². The molecule has 0 aliphatic heterocycles. The van der Waals surface area contributed by atoms with Gasteiger partial charge in [0, 0.05) is 17.5 Å². The summed E-state index contributed by atoms with van der Waals surface area (Å²) >= 11 is 1.34. The number of alkyl carbamates (subject to hydrolysis) is 1. The minimum Gasteiger partial charge on any atom is -0.453 e. The van der Waals surface area contributed by atoms with Gasteiger partial charge in [0.05, 0.1) is 7.11 Å². The van der Waals surface area contributed by atoms with Crippen LogP contribution in [0.2, 0.25) is 0 Å². The van der Waals surface area contributed by atoms with Gasteiger partial charge in [0.2, 0.25) is 5.91 Å². The van der Waals surface area contributed by atoms with E-state index in [0.717, 1.165) is 10.4 Å². The molecule has 0 saturated carbocycles. The molecule has 0 aliphatic rings. The Morgan fingerprint density at radius 2 is 1.96 bits per heavy atom. The Labute approximate surface area is 155 Å². The average molecular weight is 379 g/mol. The van der Waals surface area contributed by atoms with Crippen LogP contribution in [0.15, 0.2) is 30.5 Å². The van der Waals surface area contributed by atoms with Crippen LogP contribution >= 0.6 is 11.3 Å². The number of rotatable bonds is 7. The third-order valence-electron chi connectivity index (χ3n) is 3.58. The van der Waals surface area contributed by atoms with Gasteiger partial charge in [-0.2, -0.15) is 0 Å². The topological polar surface area (TPSA) is 80.3 Å². The lowest BCUT2D eigenvalue weighted by Gasteiger charge is -2.18. The molecule has 0 bridgehead atoms. The molecule has 1 aromatic carbocycles. The quantitative estimate of drug-likeness (QED) is 0.771. The van der Waals surface area contributed by atoms with Gasteiger partial charge in [-0.3, -0.25) is 4.79 Å². The fourth-order valence-electron chi connectivity index (χ4n) is 2.35. The van der Waals surface area contributed by atoms with Crippen molar-refractivity contribution in [1.29, 1.82) is 0 Å². The number of benzene rings is 1. The van der Waals surface area contributed by atoms with E-state index in [9.17, 15) is 14.0 Å². The molecule has 0 spiro atoms. The lowest BCUT2D eigenvalue weighted by Crippen LogP contribution is -2.44. The van der Waals surface area contributed by atoms with Crippen LogP contribution in [0.5, 0.6) is 0 Å². The first-order chi connectivity index (χ1) is 12.4. The monoisotopic (exact) mass is 379 g/mol. The minimum atomic E-state index is -0.702. The van der Waals surface area contributed by atoms with Crippen molar-refractivity contribution in [1.82, 2.24) is 10.3 Å². The van der Waals surface area contributed by atoms with E-state index in [2.05, 4.69) is 20.4 Å². The van der Waals surface area contributed by atoms with Crippen molar-refractivity contribution in [3.63, 3.8) is 0 Å². The minimum absolute atomic E-state index is 0.216. The molecular weight excluding hydrogens is 357 g/mol. The van der Waals surface area contributed by atoms with Crippen molar-refractivity contribution in [2.24, 2.45) is 5.92 Å². The number of thiazole rings is 1. The molecule has 26 heavy (non-hydrogen) atoms. The summed E-state index contributed by atoms with van der Waals surface area (Å²) in [6.07, 6.45) is 2.11. The van der Waals surface area contributed by atoms with Gasteiger partial charge in [-0.25, -0.2) is 14.2 Å². The molecule has 1 unspecified atom stereocenters. The van der Waals surface area contributed by atoms with E-state index in [1.54, 1.807) is 18.3 Å². The summed E-state index contributed by atoms with van der Waals surface area (Å²) in [5, 5.41) is 5.72. The van der Waals surface area contributed by atoms with Gasteiger partial charge in [0.1, 0.15) is 11.9 Å². The molecule has 0 aliphatic carbocycles. The van der Waals surface area contributed by atoms with Gasteiger partial charge in [-0.15, -0.1) is 11.3 Å². The molecule has 2 amide bonds. The molecule has 2 rings (SSSR count). The number of carbonyl (C=O) groups is 2. The Kier molecular flexibility index (Phi) is 7.08. The second kappa shape index (κ2) is 9.28. The van der Waals surface area contributed by atoms with Crippen molar-refractivity contribution in [2.75, 3.05) is 12.4 Å². The highest BCUT2D eigenvalue weighted by Gasteiger charge is 2.23. The fraction of sp³-hybridized carbons (Fsp3) is 0.389. The van der Waals surface area contributed by atoms with Crippen LogP contribution in [-0.2, 0) is 16.0 Å². The second-order valence-corrected chi connectivity index (χ2v) is 7.36. The lowest BCUT2D eigenvalue weighted by atomic mass is 10.0. The zero-order chi connectivity index (χ0) is 19.1. The number of nitrogens with one attached hydrogen (secondary N) is 2. The molecule has 6 nitrogen and oxygen atoms in total. The third-order valence-corrected chi connectivity index (χ3v) is 4.49. The largest absolute Gasteiger partial charge is 0.453 e. The molecule has 0 fully saturated rings. The molecule has 140 valence electrons.